The molecule has 0 spiro atoms. The minimum Gasteiger partial charge on any atom is -0.444 e. The Morgan fingerprint density at radius 2 is 1.81 bits per heavy atom. The molecular formula is C16H22BrNO3. The van der Waals surface area contributed by atoms with Crippen molar-refractivity contribution in [2.24, 2.45) is 0 Å². The number of hydrogen-bond donors (Lipinski definition) is 1. The van der Waals surface area contributed by atoms with Gasteiger partial charge in [0.05, 0.1) is 0 Å². The van der Waals surface area contributed by atoms with Gasteiger partial charge in [-0.3, -0.25) is 4.79 Å². The first-order valence-corrected chi connectivity index (χ1v) is 7.68. The predicted molar refractivity (Wildman–Crippen MR) is 86.3 cm³/mol. The molecule has 1 amide bonds. The molecule has 1 atom stereocenters. The third-order valence-electron chi connectivity index (χ3n) is 2.65. The highest BCUT2D eigenvalue weighted by Gasteiger charge is 2.20. The second kappa shape index (κ2) is 7.59. The average molecular weight is 356 g/mol. The molecule has 0 fully saturated rings. The third-order valence-corrected chi connectivity index (χ3v) is 3.18. The van der Waals surface area contributed by atoms with Gasteiger partial charge >= 0.3 is 6.09 Å². The summed E-state index contributed by atoms with van der Waals surface area (Å²) in [5, 5.41) is 2.77. The van der Waals surface area contributed by atoms with Crippen molar-refractivity contribution >= 4 is 27.8 Å². The predicted octanol–water partition coefficient (Wildman–Crippen LogP) is 3.86. The number of ether oxygens (including phenoxy) is 1. The fourth-order valence-electron chi connectivity index (χ4n) is 1.90. The zero-order valence-corrected chi connectivity index (χ0v) is 14.5. The maximum Gasteiger partial charge on any atom is 0.407 e. The van der Waals surface area contributed by atoms with Crippen LogP contribution in [0.15, 0.2) is 28.7 Å². The van der Waals surface area contributed by atoms with E-state index in [1.807, 2.05) is 24.3 Å². The topological polar surface area (TPSA) is 55.4 Å². The van der Waals surface area contributed by atoms with Gasteiger partial charge in [-0.2, -0.15) is 0 Å². The molecule has 116 valence electrons. The van der Waals surface area contributed by atoms with Gasteiger partial charge in [0, 0.05) is 16.9 Å². The summed E-state index contributed by atoms with van der Waals surface area (Å²) in [5.41, 5.74) is 0.503. The zero-order chi connectivity index (χ0) is 16.0. The van der Waals surface area contributed by atoms with Gasteiger partial charge in [0.2, 0.25) is 0 Å². The normalized spacial score (nSPS) is 12.6. The van der Waals surface area contributed by atoms with Crippen LogP contribution in [-0.4, -0.2) is 23.5 Å². The highest BCUT2D eigenvalue weighted by molar-refractivity contribution is 9.10. The van der Waals surface area contributed by atoms with E-state index in [0.717, 1.165) is 10.0 Å². The maximum absolute atomic E-state index is 11.8. The number of carbonyl (C=O) groups is 2. The van der Waals surface area contributed by atoms with E-state index in [4.69, 9.17) is 4.74 Å². The van der Waals surface area contributed by atoms with Crippen LogP contribution in [0, 0.1) is 0 Å². The van der Waals surface area contributed by atoms with Gasteiger partial charge < -0.3 is 10.1 Å². The van der Waals surface area contributed by atoms with Gasteiger partial charge in [0.25, 0.3) is 0 Å². The quantitative estimate of drug-likeness (QED) is 0.872. The molecule has 0 bridgehead atoms. The summed E-state index contributed by atoms with van der Waals surface area (Å²) in [4.78, 5) is 23.2. The molecule has 0 aliphatic heterocycles. The van der Waals surface area contributed by atoms with Crippen LogP contribution < -0.4 is 5.32 Å². The minimum absolute atomic E-state index is 0.0353. The van der Waals surface area contributed by atoms with Crippen LogP contribution in [0.5, 0.6) is 0 Å². The highest BCUT2D eigenvalue weighted by atomic mass is 79.9. The molecule has 0 saturated heterocycles. The first kappa shape index (κ1) is 17.7. The fraction of sp³-hybridized carbons (Fsp3) is 0.500. The van der Waals surface area contributed by atoms with Gasteiger partial charge in [-0.25, -0.2) is 4.79 Å². The number of amides is 1. The van der Waals surface area contributed by atoms with E-state index < -0.39 is 11.7 Å². The first-order chi connectivity index (χ1) is 9.65. The van der Waals surface area contributed by atoms with Crippen LogP contribution in [0.4, 0.5) is 4.79 Å². The summed E-state index contributed by atoms with van der Waals surface area (Å²) in [5.74, 6) is 0.0353. The number of hydrogen-bond acceptors (Lipinski definition) is 3. The molecule has 0 heterocycles. The SMILES string of the molecule is CC(=O)C[C@@H](Cc1ccc(Br)cc1)NC(=O)OC(C)(C)C. The number of benzene rings is 1. The molecule has 0 radical (unpaired) electrons. The summed E-state index contributed by atoms with van der Waals surface area (Å²) in [6, 6.07) is 7.54. The lowest BCUT2D eigenvalue weighted by Gasteiger charge is -2.23. The standard InChI is InChI=1S/C16H22BrNO3/c1-11(19)9-14(18-15(20)21-16(2,3)4)10-12-5-7-13(17)8-6-12/h5-8,14H,9-10H2,1-4H3,(H,18,20)/t14-/m0/s1. The van der Waals surface area contributed by atoms with Crippen LogP contribution in [0.3, 0.4) is 0 Å². The van der Waals surface area contributed by atoms with Crippen LogP contribution in [0.25, 0.3) is 0 Å². The lowest BCUT2D eigenvalue weighted by Crippen LogP contribution is -2.41. The molecule has 1 aromatic rings. The number of Topliss-reactive ketones (excluding diaryl/α,β-unsaturated/α-hetero) is 1. The van der Waals surface area contributed by atoms with Gasteiger partial charge in [0.1, 0.15) is 11.4 Å². The van der Waals surface area contributed by atoms with E-state index in [0.29, 0.717) is 6.42 Å². The molecule has 5 heteroatoms. The van der Waals surface area contributed by atoms with E-state index >= 15 is 0 Å². The van der Waals surface area contributed by atoms with Crippen LogP contribution in [0.1, 0.15) is 39.7 Å². The second-order valence-electron chi connectivity index (χ2n) is 6.08. The van der Waals surface area contributed by atoms with E-state index in [-0.39, 0.29) is 18.2 Å². The Bertz CT molecular complexity index is 491. The minimum atomic E-state index is -0.553. The van der Waals surface area contributed by atoms with Gasteiger partial charge in [-0.15, -0.1) is 0 Å². The molecule has 1 rings (SSSR count). The largest absolute Gasteiger partial charge is 0.444 e. The summed E-state index contributed by atoms with van der Waals surface area (Å²) < 4.78 is 6.23. The molecule has 0 unspecified atom stereocenters. The van der Waals surface area contributed by atoms with Crippen LogP contribution in [-0.2, 0) is 16.0 Å². The molecule has 1 aromatic carbocycles. The average Bonchev–Trinajstić information content (AvgIpc) is 2.28. The highest BCUT2D eigenvalue weighted by Crippen LogP contribution is 2.14. The Hall–Kier alpha value is -1.36. The van der Waals surface area contributed by atoms with Crippen molar-refractivity contribution in [3.8, 4) is 0 Å². The molecule has 0 aromatic heterocycles. The number of nitrogens with one attached hydrogen (secondary N) is 1. The van der Waals surface area contributed by atoms with Crippen molar-refractivity contribution in [2.75, 3.05) is 0 Å². The molecular weight excluding hydrogens is 334 g/mol. The Morgan fingerprint density at radius 1 is 1.24 bits per heavy atom. The van der Waals surface area contributed by atoms with Crippen molar-refractivity contribution in [2.45, 2.75) is 52.2 Å². The van der Waals surface area contributed by atoms with Crippen molar-refractivity contribution in [3.63, 3.8) is 0 Å². The molecule has 0 aliphatic rings. The first-order valence-electron chi connectivity index (χ1n) is 6.89. The van der Waals surface area contributed by atoms with Crippen molar-refractivity contribution in [1.82, 2.24) is 5.32 Å². The van der Waals surface area contributed by atoms with Gasteiger partial charge in [-0.05, 0) is 51.8 Å². The maximum atomic E-state index is 11.8. The van der Waals surface area contributed by atoms with E-state index in [1.165, 1.54) is 6.92 Å². The zero-order valence-electron chi connectivity index (χ0n) is 12.9. The molecule has 4 nitrogen and oxygen atoms in total. The second-order valence-corrected chi connectivity index (χ2v) is 7.00. The monoisotopic (exact) mass is 355 g/mol. The third kappa shape index (κ3) is 7.85. The fourth-order valence-corrected chi connectivity index (χ4v) is 2.16. The van der Waals surface area contributed by atoms with Gasteiger partial charge in [-0.1, -0.05) is 28.1 Å². The van der Waals surface area contributed by atoms with Crippen LogP contribution >= 0.6 is 15.9 Å². The summed E-state index contributed by atoms with van der Waals surface area (Å²) >= 11 is 3.38. The number of rotatable bonds is 5. The Labute approximate surface area is 134 Å². The van der Waals surface area contributed by atoms with E-state index in [2.05, 4.69) is 21.2 Å². The lowest BCUT2D eigenvalue weighted by atomic mass is 10.0. The summed E-state index contributed by atoms with van der Waals surface area (Å²) in [6.45, 7) is 6.94. The number of alkyl carbamates (subject to hydrolysis) is 1. The van der Waals surface area contributed by atoms with Crippen molar-refractivity contribution < 1.29 is 14.3 Å². The molecule has 1 N–H and O–H groups in total. The number of carbonyl (C=O) groups excluding carboxylic acids is 2. The molecule has 0 saturated carbocycles. The van der Waals surface area contributed by atoms with Crippen molar-refractivity contribution in [3.05, 3.63) is 34.3 Å². The van der Waals surface area contributed by atoms with Crippen molar-refractivity contribution in [1.29, 1.82) is 0 Å². The smallest absolute Gasteiger partial charge is 0.407 e. The Morgan fingerprint density at radius 3 is 2.29 bits per heavy atom. The summed E-state index contributed by atoms with van der Waals surface area (Å²) in [7, 11) is 0. The van der Waals surface area contributed by atoms with Gasteiger partial charge in [0.15, 0.2) is 0 Å². The van der Waals surface area contributed by atoms with Crippen LogP contribution in [0.2, 0.25) is 0 Å². The molecule has 0 aliphatic carbocycles. The number of halogens is 1. The Kier molecular flexibility index (Phi) is 6.40. The van der Waals surface area contributed by atoms with E-state index in [9.17, 15) is 9.59 Å². The number of ketones is 1. The lowest BCUT2D eigenvalue weighted by molar-refractivity contribution is -0.117. The Balaban J connectivity index is 2.69. The van der Waals surface area contributed by atoms with E-state index in [1.54, 1.807) is 20.8 Å². The summed E-state index contributed by atoms with van der Waals surface area (Å²) in [6.07, 6.45) is 0.382. The molecule has 21 heavy (non-hydrogen) atoms.